The van der Waals surface area contributed by atoms with E-state index < -0.39 is 76.5 Å². The molecule has 0 fully saturated rings. The van der Waals surface area contributed by atoms with E-state index in [2.05, 4.69) is 24.9 Å². The fourth-order valence-corrected chi connectivity index (χ4v) is 10.0. The van der Waals surface area contributed by atoms with Crippen molar-refractivity contribution in [2.24, 2.45) is 5.14 Å². The Balaban J connectivity index is 0.000000250. The van der Waals surface area contributed by atoms with Gasteiger partial charge in [-0.3, -0.25) is 28.5 Å². The number of carboxylic acid groups (broad SMARTS) is 1. The lowest BCUT2D eigenvalue weighted by molar-refractivity contribution is -0.136. The van der Waals surface area contributed by atoms with Gasteiger partial charge in [0.2, 0.25) is 27.7 Å². The van der Waals surface area contributed by atoms with Crippen LogP contribution in [0.3, 0.4) is 0 Å². The highest BCUT2D eigenvalue weighted by Gasteiger charge is 2.35. The molecule has 0 atom stereocenters. The number of aliphatic carboxylic acids is 1. The molecule has 0 aliphatic carbocycles. The topological polar surface area (TPSA) is 281 Å². The molecule has 21 nitrogen and oxygen atoms in total. The number of nitrogens with one attached hydrogen (secondary N) is 1. The zero-order valence-corrected chi connectivity index (χ0v) is 46.3. The van der Waals surface area contributed by atoms with Gasteiger partial charge in [-0.25, -0.2) is 37.0 Å². The molecule has 77 heavy (non-hydrogen) atoms. The van der Waals surface area contributed by atoms with Gasteiger partial charge in [0.25, 0.3) is 31.9 Å². The van der Waals surface area contributed by atoms with Crippen molar-refractivity contribution >= 4 is 43.7 Å². The molecule has 1 aliphatic heterocycles. The van der Waals surface area contributed by atoms with Crippen LogP contribution >= 0.6 is 0 Å². The summed E-state index contributed by atoms with van der Waals surface area (Å²) in [5.41, 5.74) is 1.81. The fourth-order valence-electron chi connectivity index (χ4n) is 8.27. The summed E-state index contributed by atoms with van der Waals surface area (Å²) in [6.45, 7) is 14.3. The van der Waals surface area contributed by atoms with E-state index in [-0.39, 0.29) is 60.8 Å². The highest BCUT2D eigenvalue weighted by atomic mass is 32.2. The van der Waals surface area contributed by atoms with Gasteiger partial charge < -0.3 is 24.4 Å². The third-order valence-corrected chi connectivity index (χ3v) is 14.4. The van der Waals surface area contributed by atoms with E-state index >= 15 is 0 Å². The number of fused-ring (bicyclic) bond motifs is 6. The molecule has 25 heteroatoms. The van der Waals surface area contributed by atoms with Crippen LogP contribution in [0, 0.1) is 11.6 Å². The molecule has 0 saturated heterocycles. The minimum atomic E-state index is -4.55. The molecule has 0 saturated carbocycles. The van der Waals surface area contributed by atoms with Crippen molar-refractivity contribution in [1.82, 2.24) is 44.1 Å². The van der Waals surface area contributed by atoms with Crippen LogP contribution in [0.5, 0.6) is 11.8 Å². The quantitative estimate of drug-likeness (QED) is 0.125. The van der Waals surface area contributed by atoms with E-state index in [1.54, 1.807) is 52.0 Å². The number of benzene rings is 2. The van der Waals surface area contributed by atoms with E-state index in [0.717, 1.165) is 0 Å². The van der Waals surface area contributed by atoms with Crippen molar-refractivity contribution in [3.8, 4) is 34.0 Å². The molecule has 4 N–H and O–H groups in total. The monoisotopic (exact) mass is 1100 g/mol. The van der Waals surface area contributed by atoms with Crippen LogP contribution in [-0.4, -0.2) is 126 Å². The minimum Gasteiger partial charge on any atom is -0.481 e. The van der Waals surface area contributed by atoms with Crippen LogP contribution < -0.4 is 19.3 Å². The summed E-state index contributed by atoms with van der Waals surface area (Å²) in [5.74, 6) is -3.90. The summed E-state index contributed by atoms with van der Waals surface area (Å²) in [6, 6.07) is 11.8. The Labute approximate surface area is 445 Å². The maximum atomic E-state index is 14.7. The average molecular weight is 1110 g/mol. The van der Waals surface area contributed by atoms with Gasteiger partial charge in [0.05, 0.1) is 35.0 Å². The van der Waals surface area contributed by atoms with E-state index in [9.17, 15) is 49.9 Å². The Morgan fingerprint density at radius 3 is 2.03 bits per heavy atom. The summed E-state index contributed by atoms with van der Waals surface area (Å²) < 4.78 is 96.7. The first-order valence-corrected chi connectivity index (χ1v) is 27.0. The lowest BCUT2D eigenvalue weighted by Gasteiger charge is -2.25. The van der Waals surface area contributed by atoms with Gasteiger partial charge in [0.1, 0.15) is 24.8 Å². The van der Waals surface area contributed by atoms with Crippen LogP contribution in [0.2, 0.25) is 0 Å². The molecule has 1 aliphatic rings. The van der Waals surface area contributed by atoms with Gasteiger partial charge >= 0.3 is 5.97 Å². The van der Waals surface area contributed by atoms with Crippen molar-refractivity contribution in [3.63, 3.8) is 0 Å². The summed E-state index contributed by atoms with van der Waals surface area (Å²) in [7, 11) is -2.92. The second-order valence-electron chi connectivity index (χ2n) is 20.6. The van der Waals surface area contributed by atoms with E-state index in [1.165, 1.54) is 96.4 Å². The average Bonchev–Trinajstić information content (AvgIpc) is 4.02. The third-order valence-electron chi connectivity index (χ3n) is 12.3. The van der Waals surface area contributed by atoms with E-state index in [4.69, 9.17) is 14.6 Å². The minimum absolute atomic E-state index is 0.0137. The van der Waals surface area contributed by atoms with Gasteiger partial charge in [-0.2, -0.15) is 18.6 Å². The van der Waals surface area contributed by atoms with Crippen LogP contribution in [0.1, 0.15) is 110 Å². The number of carboxylic acids is 1. The highest BCUT2D eigenvalue weighted by molar-refractivity contribution is 7.90. The van der Waals surface area contributed by atoms with Crippen LogP contribution in [0.15, 0.2) is 83.4 Å². The van der Waals surface area contributed by atoms with E-state index in [1.807, 2.05) is 27.7 Å². The first-order chi connectivity index (χ1) is 35.7. The Hall–Kier alpha value is -7.64. The lowest BCUT2D eigenvalue weighted by Crippen LogP contribution is -2.35. The molecule has 4 aromatic heterocycles. The molecule has 6 aromatic rings. The van der Waals surface area contributed by atoms with E-state index in [0.29, 0.717) is 44.5 Å². The van der Waals surface area contributed by atoms with Crippen molar-refractivity contribution in [2.45, 2.75) is 101 Å². The first-order valence-electron chi connectivity index (χ1n) is 24.0. The molecule has 0 spiro atoms. The zero-order chi connectivity index (χ0) is 57.3. The summed E-state index contributed by atoms with van der Waals surface area (Å²) >= 11 is 0. The Morgan fingerprint density at radius 1 is 0.870 bits per heavy atom. The number of ether oxygens (including phenoxy) is 2. The molecule has 3 amide bonds. The standard InChI is InChI=1S/C26H32FN5O6S.C26H30FN5O5S/c1-15(2)18-10-17(27)11-19(20(18)12-23(33)34)16-7-8-29-22(9-16)38-14-26(3,4)32-13-21(25(35)31(5)6)24(30-32)39(28,36)37;1-15(2)18-10-17(27)11-19-16-7-8-28-23(9-16)37-14-26(3,4)32-13-21(25(34)31(5)6)24(29-32)38(35,36)30-22(33)12-20(18)19/h7-11,13,15H,12,14H2,1-6H3,(H,33,34)(H2,28,36,37);7-11,13,15H,12,14H2,1-6H3,(H,30,33). The molecule has 0 radical (unpaired) electrons. The van der Waals surface area contributed by atoms with Crippen molar-refractivity contribution in [1.29, 1.82) is 0 Å². The Morgan fingerprint density at radius 2 is 1.44 bits per heavy atom. The van der Waals surface area contributed by atoms with Gasteiger partial charge in [0.15, 0.2) is 0 Å². The molecule has 412 valence electrons. The number of nitrogens with zero attached hydrogens (tertiary/aromatic N) is 8. The number of nitrogens with two attached hydrogens (primary N) is 1. The normalized spacial score (nSPS) is 14.2. The van der Waals surface area contributed by atoms with Gasteiger partial charge in [-0.15, -0.1) is 0 Å². The molecule has 4 bridgehead atoms. The Kier molecular flexibility index (Phi) is 17.1. The maximum Gasteiger partial charge on any atom is 0.307 e. The molecule has 7 rings (SSSR count). The molecular formula is C52H62F2N10O11S2. The molecular weight excluding hydrogens is 1040 g/mol. The number of halogens is 2. The Bertz CT molecular complexity index is 3500. The number of carbonyl (C=O) groups excluding carboxylic acids is 3. The number of amides is 3. The van der Waals surface area contributed by atoms with Crippen molar-refractivity contribution < 1.29 is 59.4 Å². The summed E-state index contributed by atoms with van der Waals surface area (Å²) in [6.07, 6.45) is 4.97. The number of pyridine rings is 2. The maximum absolute atomic E-state index is 14.7. The number of aromatic nitrogens is 6. The number of carbonyl (C=O) groups is 4. The first kappa shape index (κ1) is 58.6. The van der Waals surface area contributed by atoms with Gasteiger partial charge in [-0.05, 0) is 120 Å². The smallest absolute Gasteiger partial charge is 0.307 e. The second kappa shape index (κ2) is 22.5. The highest BCUT2D eigenvalue weighted by Crippen LogP contribution is 2.36. The largest absolute Gasteiger partial charge is 0.481 e. The van der Waals surface area contributed by atoms with Crippen LogP contribution in [-0.2, 0) is 53.6 Å². The lowest BCUT2D eigenvalue weighted by atomic mass is 9.88. The zero-order valence-electron chi connectivity index (χ0n) is 44.7. The second-order valence-corrected chi connectivity index (χ2v) is 23.7. The number of hydrogen-bond acceptors (Lipinski definition) is 14. The summed E-state index contributed by atoms with van der Waals surface area (Å²) in [4.78, 5) is 61.1. The number of rotatable bonds is 12. The van der Waals surface area contributed by atoms with Crippen molar-refractivity contribution in [2.75, 3.05) is 41.4 Å². The fraction of sp³-hybridized carbons (Fsp3) is 0.385. The van der Waals surface area contributed by atoms with Gasteiger partial charge in [0, 0.05) is 65.1 Å². The number of primary sulfonamides is 1. The summed E-state index contributed by atoms with van der Waals surface area (Å²) in [5, 5.41) is 21.9. The van der Waals surface area contributed by atoms with Crippen LogP contribution in [0.25, 0.3) is 22.3 Å². The molecule has 2 aromatic carbocycles. The number of hydrogen-bond donors (Lipinski definition) is 3. The molecule has 5 heterocycles. The number of sulfonamides is 2. The SMILES string of the molecule is CC(C)c1cc(F)cc(-c2ccnc(OCC(C)(C)n3cc(C(=O)N(C)C)c(S(N)(=O)=O)n3)c2)c1CC(=O)O.CC(C)c1cc(F)cc2c1CC(=O)NS(=O)(=O)c1nn(cc1C(=O)N(C)C)C(C)(C)COc1cc-2ccn1. The van der Waals surface area contributed by atoms with Crippen LogP contribution in [0.4, 0.5) is 8.78 Å². The third kappa shape index (κ3) is 13.5. The molecule has 0 unspecified atom stereocenters. The predicted molar refractivity (Wildman–Crippen MR) is 279 cm³/mol. The van der Waals surface area contributed by atoms with Gasteiger partial charge in [-0.1, -0.05) is 27.7 Å². The van der Waals surface area contributed by atoms with Crippen molar-refractivity contribution in [3.05, 3.63) is 118 Å². The predicted octanol–water partition coefficient (Wildman–Crippen LogP) is 6.08.